The molecule has 5 nitrogen and oxygen atoms in total. The van der Waals surface area contributed by atoms with E-state index in [-0.39, 0.29) is 18.4 Å². The topological polar surface area (TPSA) is 65.2 Å². The molecular weight excluding hydrogens is 302 g/mol. The van der Waals surface area contributed by atoms with E-state index in [1.54, 1.807) is 4.90 Å². The molecule has 1 aliphatic heterocycles. The van der Waals surface area contributed by atoms with E-state index in [0.29, 0.717) is 19.5 Å². The van der Waals surface area contributed by atoms with Crippen LogP contribution in [-0.2, 0) is 29.0 Å². The number of hydrogen-bond acceptors (Lipinski definition) is 2. The van der Waals surface area contributed by atoms with Crippen LogP contribution in [0.1, 0.15) is 42.5 Å². The molecule has 2 heterocycles. The van der Waals surface area contributed by atoms with Crippen LogP contribution in [0.15, 0.2) is 18.2 Å². The Morgan fingerprint density at radius 2 is 2.04 bits per heavy atom. The van der Waals surface area contributed by atoms with Crippen molar-refractivity contribution in [1.29, 1.82) is 0 Å². The van der Waals surface area contributed by atoms with Gasteiger partial charge < -0.3 is 15.2 Å². The molecule has 2 aliphatic rings. The lowest BCUT2D eigenvalue weighted by Crippen LogP contribution is -2.37. The second-order valence-electron chi connectivity index (χ2n) is 6.86. The largest absolute Gasteiger partial charge is 0.358 e. The first kappa shape index (κ1) is 15.2. The van der Waals surface area contributed by atoms with Gasteiger partial charge in [0, 0.05) is 36.1 Å². The monoisotopic (exact) mass is 325 g/mol. The van der Waals surface area contributed by atoms with E-state index in [0.717, 1.165) is 24.8 Å². The van der Waals surface area contributed by atoms with Crippen LogP contribution in [-0.4, -0.2) is 34.8 Å². The van der Waals surface area contributed by atoms with Crippen molar-refractivity contribution in [3.63, 3.8) is 0 Å². The molecule has 1 saturated heterocycles. The summed E-state index contributed by atoms with van der Waals surface area (Å²) in [5, 5.41) is 4.24. The molecule has 2 amide bonds. The summed E-state index contributed by atoms with van der Waals surface area (Å²) < 4.78 is 0. The number of carbonyl (C=O) groups is 2. The lowest BCUT2D eigenvalue weighted by Gasteiger charge is -2.15. The summed E-state index contributed by atoms with van der Waals surface area (Å²) in [5.41, 5.74) is 5.13. The molecule has 2 aromatic rings. The maximum atomic E-state index is 12.1. The summed E-state index contributed by atoms with van der Waals surface area (Å²) in [6.45, 7) is 1.39. The zero-order chi connectivity index (χ0) is 16.5. The Hall–Kier alpha value is -2.30. The fourth-order valence-corrected chi connectivity index (χ4v) is 3.86. The number of rotatable bonds is 4. The number of fused-ring (bicyclic) bond motifs is 3. The Morgan fingerprint density at radius 1 is 1.17 bits per heavy atom. The Labute approximate surface area is 141 Å². The summed E-state index contributed by atoms with van der Waals surface area (Å²) in [4.78, 5) is 28.8. The SMILES string of the molecule is O=C(CN1CCCC1=O)NCc1ccc2[nH]c3c(c2c1)CCCC3. The molecule has 4 rings (SSSR count). The number of amides is 2. The van der Waals surface area contributed by atoms with E-state index < -0.39 is 0 Å². The highest BCUT2D eigenvalue weighted by atomic mass is 16.2. The quantitative estimate of drug-likeness (QED) is 0.906. The van der Waals surface area contributed by atoms with Crippen LogP contribution >= 0.6 is 0 Å². The van der Waals surface area contributed by atoms with Gasteiger partial charge in [-0.2, -0.15) is 0 Å². The first-order valence-electron chi connectivity index (χ1n) is 8.87. The number of nitrogens with zero attached hydrogens (tertiary/aromatic N) is 1. The zero-order valence-electron chi connectivity index (χ0n) is 13.9. The van der Waals surface area contributed by atoms with Gasteiger partial charge in [0.25, 0.3) is 0 Å². The highest BCUT2D eigenvalue weighted by Gasteiger charge is 2.22. The fourth-order valence-electron chi connectivity index (χ4n) is 3.86. The van der Waals surface area contributed by atoms with Crippen molar-refractivity contribution in [1.82, 2.24) is 15.2 Å². The molecule has 126 valence electrons. The maximum absolute atomic E-state index is 12.1. The molecule has 2 N–H and O–H groups in total. The number of aromatic amines is 1. The Kier molecular flexibility index (Phi) is 4.00. The molecule has 1 aromatic heterocycles. The van der Waals surface area contributed by atoms with Crippen LogP contribution in [0, 0.1) is 0 Å². The van der Waals surface area contributed by atoms with E-state index in [9.17, 15) is 9.59 Å². The zero-order valence-corrected chi connectivity index (χ0v) is 13.9. The first-order valence-corrected chi connectivity index (χ1v) is 8.87. The molecule has 5 heteroatoms. The number of hydrogen-bond donors (Lipinski definition) is 2. The van der Waals surface area contributed by atoms with E-state index in [1.165, 1.54) is 35.0 Å². The van der Waals surface area contributed by atoms with E-state index in [1.807, 2.05) is 0 Å². The minimum atomic E-state index is -0.0820. The van der Waals surface area contributed by atoms with Crippen LogP contribution in [0.25, 0.3) is 10.9 Å². The van der Waals surface area contributed by atoms with Crippen LogP contribution in [0.4, 0.5) is 0 Å². The molecular formula is C19H23N3O2. The molecule has 1 fully saturated rings. The lowest BCUT2D eigenvalue weighted by atomic mass is 9.95. The second-order valence-corrected chi connectivity index (χ2v) is 6.86. The molecule has 0 radical (unpaired) electrons. The van der Waals surface area contributed by atoms with Gasteiger partial charge in [-0.25, -0.2) is 0 Å². The molecule has 0 unspecified atom stereocenters. The normalized spacial score (nSPS) is 17.3. The molecule has 1 aromatic carbocycles. The van der Waals surface area contributed by atoms with E-state index in [2.05, 4.69) is 28.5 Å². The van der Waals surface area contributed by atoms with Crippen molar-refractivity contribution < 1.29 is 9.59 Å². The average molecular weight is 325 g/mol. The van der Waals surface area contributed by atoms with Crippen molar-refractivity contribution >= 4 is 22.7 Å². The Balaban J connectivity index is 1.43. The lowest BCUT2D eigenvalue weighted by molar-refractivity contribution is -0.133. The van der Waals surface area contributed by atoms with Crippen molar-refractivity contribution in [2.75, 3.05) is 13.1 Å². The predicted molar refractivity (Wildman–Crippen MR) is 92.6 cm³/mol. The molecule has 0 atom stereocenters. The van der Waals surface area contributed by atoms with Gasteiger partial charge in [-0.3, -0.25) is 9.59 Å². The molecule has 0 bridgehead atoms. The third kappa shape index (κ3) is 2.90. The number of nitrogens with one attached hydrogen (secondary N) is 2. The molecule has 0 saturated carbocycles. The first-order chi connectivity index (χ1) is 11.7. The Morgan fingerprint density at radius 3 is 2.88 bits per heavy atom. The number of H-pyrrole nitrogens is 1. The Bertz CT molecular complexity index is 793. The van der Waals surface area contributed by atoms with Gasteiger partial charge in [-0.15, -0.1) is 0 Å². The van der Waals surface area contributed by atoms with Crippen molar-refractivity contribution in [2.24, 2.45) is 0 Å². The molecule has 0 spiro atoms. The third-order valence-corrected chi connectivity index (χ3v) is 5.16. The number of carbonyl (C=O) groups excluding carboxylic acids is 2. The predicted octanol–water partition coefficient (Wildman–Crippen LogP) is 2.29. The summed E-state index contributed by atoms with van der Waals surface area (Å²) in [6, 6.07) is 6.36. The summed E-state index contributed by atoms with van der Waals surface area (Å²) in [7, 11) is 0. The minimum Gasteiger partial charge on any atom is -0.358 e. The molecule has 1 aliphatic carbocycles. The van der Waals surface area contributed by atoms with Crippen molar-refractivity contribution in [3.8, 4) is 0 Å². The van der Waals surface area contributed by atoms with Crippen molar-refractivity contribution in [3.05, 3.63) is 35.0 Å². The van der Waals surface area contributed by atoms with Crippen molar-refractivity contribution in [2.45, 2.75) is 45.1 Å². The summed E-state index contributed by atoms with van der Waals surface area (Å²) in [5.74, 6) is 0.00645. The van der Waals surface area contributed by atoms with Crippen LogP contribution < -0.4 is 5.32 Å². The summed E-state index contributed by atoms with van der Waals surface area (Å²) >= 11 is 0. The number of benzene rings is 1. The average Bonchev–Trinajstić information content (AvgIpc) is 3.16. The standard InChI is InChI=1S/C19H23N3O2/c23-18(12-22-9-3-6-19(22)24)20-11-13-7-8-17-15(10-13)14-4-1-2-5-16(14)21-17/h7-8,10,21H,1-6,9,11-12H2,(H,20,23). The molecule has 24 heavy (non-hydrogen) atoms. The van der Waals surface area contributed by atoms with Gasteiger partial charge in [0.15, 0.2) is 0 Å². The summed E-state index contributed by atoms with van der Waals surface area (Å²) in [6.07, 6.45) is 6.23. The van der Waals surface area contributed by atoms with E-state index >= 15 is 0 Å². The highest BCUT2D eigenvalue weighted by Crippen LogP contribution is 2.29. The minimum absolute atomic E-state index is 0.0820. The van der Waals surface area contributed by atoms with E-state index in [4.69, 9.17) is 0 Å². The smallest absolute Gasteiger partial charge is 0.239 e. The van der Waals surface area contributed by atoms with Gasteiger partial charge in [-0.1, -0.05) is 6.07 Å². The number of aromatic nitrogens is 1. The second kappa shape index (κ2) is 6.30. The van der Waals surface area contributed by atoms with Gasteiger partial charge in [0.2, 0.25) is 11.8 Å². The fraction of sp³-hybridized carbons (Fsp3) is 0.474. The van der Waals surface area contributed by atoms with Crippen LogP contribution in [0.2, 0.25) is 0 Å². The number of aryl methyl sites for hydroxylation is 2. The number of likely N-dealkylation sites (tertiary alicyclic amines) is 1. The van der Waals surface area contributed by atoms with Gasteiger partial charge in [0.1, 0.15) is 0 Å². The van der Waals surface area contributed by atoms with Gasteiger partial charge in [-0.05, 0) is 55.4 Å². The van der Waals surface area contributed by atoms with Crippen LogP contribution in [0.5, 0.6) is 0 Å². The third-order valence-electron chi connectivity index (χ3n) is 5.16. The van der Waals surface area contributed by atoms with Gasteiger partial charge >= 0.3 is 0 Å². The van der Waals surface area contributed by atoms with Gasteiger partial charge in [0.05, 0.1) is 6.54 Å². The van der Waals surface area contributed by atoms with Crippen LogP contribution in [0.3, 0.4) is 0 Å². The highest BCUT2D eigenvalue weighted by molar-refractivity contribution is 5.87. The maximum Gasteiger partial charge on any atom is 0.239 e.